The maximum atomic E-state index is 10.6. The Morgan fingerprint density at radius 2 is 1.42 bits per heavy atom. The van der Waals surface area contributed by atoms with Crippen molar-refractivity contribution in [3.8, 4) is 0 Å². The van der Waals surface area contributed by atoms with E-state index in [9.17, 15) is 9.59 Å². The molecule has 0 fully saturated rings. The van der Waals surface area contributed by atoms with E-state index in [0.29, 0.717) is 0 Å². The van der Waals surface area contributed by atoms with Crippen LogP contribution in [0.25, 0.3) is 0 Å². The van der Waals surface area contributed by atoms with Crippen molar-refractivity contribution in [2.24, 2.45) is 5.73 Å². The molecule has 0 spiro atoms. The molecular formula is C13H18ClNO4. The van der Waals surface area contributed by atoms with Gasteiger partial charge in [0.2, 0.25) is 0 Å². The zero-order chi connectivity index (χ0) is 13.6. The van der Waals surface area contributed by atoms with Crippen LogP contribution in [-0.4, -0.2) is 22.2 Å². The first kappa shape index (κ1) is 17.4. The molecule has 0 saturated carbocycles. The number of hydrogen-bond acceptors (Lipinski definition) is 3. The van der Waals surface area contributed by atoms with E-state index in [1.807, 2.05) is 6.07 Å². The second kappa shape index (κ2) is 7.76. The fourth-order valence-corrected chi connectivity index (χ4v) is 1.84. The van der Waals surface area contributed by atoms with Crippen molar-refractivity contribution in [2.45, 2.75) is 31.2 Å². The third-order valence-corrected chi connectivity index (χ3v) is 2.92. The number of carboxylic acid groups (broad SMARTS) is 2. The Bertz CT molecular complexity index is 404. The lowest BCUT2D eigenvalue weighted by molar-refractivity contribution is -0.137. The zero-order valence-corrected chi connectivity index (χ0v) is 11.2. The number of nitrogens with two attached hydrogens (primary N) is 1. The van der Waals surface area contributed by atoms with Crippen LogP contribution in [0.1, 0.15) is 31.2 Å². The van der Waals surface area contributed by atoms with Gasteiger partial charge in [0.1, 0.15) is 0 Å². The van der Waals surface area contributed by atoms with Gasteiger partial charge in [-0.05, 0) is 18.4 Å². The van der Waals surface area contributed by atoms with E-state index in [0.717, 1.165) is 5.56 Å². The lowest BCUT2D eigenvalue weighted by atomic mass is 9.82. The Kier molecular flexibility index (Phi) is 7.11. The highest BCUT2D eigenvalue weighted by molar-refractivity contribution is 5.85. The van der Waals surface area contributed by atoms with E-state index in [1.165, 1.54) is 0 Å². The van der Waals surface area contributed by atoms with Gasteiger partial charge in [0.25, 0.3) is 0 Å². The maximum absolute atomic E-state index is 10.6. The standard InChI is InChI=1S/C13H17NO4.ClH/c14-13(8-6-11(15)16,9-7-12(17)18)10-4-2-1-3-5-10;/h1-5H,6-9,14H2,(H,15,16)(H,17,18);1H. The monoisotopic (exact) mass is 287 g/mol. The summed E-state index contributed by atoms with van der Waals surface area (Å²) in [5.74, 6) is -1.87. The summed E-state index contributed by atoms with van der Waals surface area (Å²) in [5, 5.41) is 17.5. The van der Waals surface area contributed by atoms with Crippen LogP contribution in [0.5, 0.6) is 0 Å². The average Bonchev–Trinajstić information content (AvgIpc) is 2.35. The van der Waals surface area contributed by atoms with Crippen LogP contribution < -0.4 is 5.73 Å². The predicted molar refractivity (Wildman–Crippen MR) is 73.3 cm³/mol. The van der Waals surface area contributed by atoms with E-state index in [-0.39, 0.29) is 38.1 Å². The number of carboxylic acids is 2. The van der Waals surface area contributed by atoms with E-state index in [2.05, 4.69) is 0 Å². The number of hydrogen-bond donors (Lipinski definition) is 3. The highest BCUT2D eigenvalue weighted by Crippen LogP contribution is 2.28. The summed E-state index contributed by atoms with van der Waals surface area (Å²) in [4.78, 5) is 21.3. The fourth-order valence-electron chi connectivity index (χ4n) is 1.84. The number of benzene rings is 1. The minimum Gasteiger partial charge on any atom is -0.481 e. The van der Waals surface area contributed by atoms with Gasteiger partial charge in [-0.1, -0.05) is 30.3 Å². The summed E-state index contributed by atoms with van der Waals surface area (Å²) in [6, 6.07) is 9.03. The van der Waals surface area contributed by atoms with Gasteiger partial charge in [-0.3, -0.25) is 9.59 Å². The van der Waals surface area contributed by atoms with Crippen LogP contribution in [0.2, 0.25) is 0 Å². The third kappa shape index (κ3) is 5.72. The van der Waals surface area contributed by atoms with Crippen molar-refractivity contribution >= 4 is 24.3 Å². The molecule has 106 valence electrons. The summed E-state index contributed by atoms with van der Waals surface area (Å²) >= 11 is 0. The number of carbonyl (C=O) groups is 2. The maximum Gasteiger partial charge on any atom is 0.303 e. The summed E-state index contributed by atoms with van der Waals surface area (Å²) in [6.07, 6.45) is 0.287. The van der Waals surface area contributed by atoms with Crippen molar-refractivity contribution in [1.82, 2.24) is 0 Å². The molecule has 1 aromatic rings. The highest BCUT2D eigenvalue weighted by atomic mass is 35.5. The Morgan fingerprint density at radius 3 is 1.79 bits per heavy atom. The van der Waals surface area contributed by atoms with E-state index < -0.39 is 17.5 Å². The summed E-state index contributed by atoms with van der Waals surface area (Å²) in [5.41, 5.74) is 6.06. The van der Waals surface area contributed by atoms with E-state index >= 15 is 0 Å². The highest BCUT2D eigenvalue weighted by Gasteiger charge is 2.28. The van der Waals surface area contributed by atoms with Crippen molar-refractivity contribution in [2.75, 3.05) is 0 Å². The molecule has 0 aromatic heterocycles. The largest absolute Gasteiger partial charge is 0.481 e. The quantitative estimate of drug-likeness (QED) is 0.712. The molecule has 0 aliphatic rings. The minimum absolute atomic E-state index is 0. The van der Waals surface area contributed by atoms with Crippen LogP contribution in [0.3, 0.4) is 0 Å². The molecule has 0 radical (unpaired) electrons. The summed E-state index contributed by atoms with van der Waals surface area (Å²) in [6.45, 7) is 0. The SMILES string of the molecule is Cl.NC(CCC(=O)O)(CCC(=O)O)c1ccccc1. The molecule has 0 saturated heterocycles. The number of aliphatic carboxylic acids is 2. The van der Waals surface area contributed by atoms with Gasteiger partial charge in [0, 0.05) is 18.4 Å². The first-order valence-corrected chi connectivity index (χ1v) is 5.72. The molecule has 4 N–H and O–H groups in total. The van der Waals surface area contributed by atoms with Crippen molar-refractivity contribution in [1.29, 1.82) is 0 Å². The van der Waals surface area contributed by atoms with Gasteiger partial charge in [0.15, 0.2) is 0 Å². The van der Waals surface area contributed by atoms with Crippen LogP contribution in [0, 0.1) is 0 Å². The molecule has 0 amide bonds. The van der Waals surface area contributed by atoms with Gasteiger partial charge in [0.05, 0.1) is 0 Å². The molecule has 0 unspecified atom stereocenters. The molecule has 5 nitrogen and oxygen atoms in total. The van der Waals surface area contributed by atoms with Gasteiger partial charge in [-0.2, -0.15) is 0 Å². The van der Waals surface area contributed by atoms with E-state index in [4.69, 9.17) is 15.9 Å². The molecule has 0 atom stereocenters. The molecular weight excluding hydrogens is 270 g/mol. The molecule has 0 heterocycles. The minimum atomic E-state index is -0.934. The average molecular weight is 288 g/mol. The Balaban J connectivity index is 0.00000324. The summed E-state index contributed by atoms with van der Waals surface area (Å²) < 4.78 is 0. The van der Waals surface area contributed by atoms with Gasteiger partial charge < -0.3 is 15.9 Å². The molecule has 6 heteroatoms. The Hall–Kier alpha value is -1.59. The number of halogens is 1. The summed E-state index contributed by atoms with van der Waals surface area (Å²) in [7, 11) is 0. The van der Waals surface area contributed by atoms with Gasteiger partial charge >= 0.3 is 11.9 Å². The lowest BCUT2D eigenvalue weighted by Gasteiger charge is -2.29. The topological polar surface area (TPSA) is 101 Å². The van der Waals surface area contributed by atoms with Gasteiger partial charge in [-0.25, -0.2) is 0 Å². The van der Waals surface area contributed by atoms with Crippen LogP contribution in [0.4, 0.5) is 0 Å². The Labute approximate surface area is 117 Å². The zero-order valence-electron chi connectivity index (χ0n) is 10.4. The van der Waals surface area contributed by atoms with Crippen LogP contribution >= 0.6 is 12.4 Å². The first-order chi connectivity index (χ1) is 8.44. The molecule has 1 aromatic carbocycles. The van der Waals surface area contributed by atoms with Crippen LogP contribution in [0.15, 0.2) is 30.3 Å². The lowest BCUT2D eigenvalue weighted by Crippen LogP contribution is -2.37. The molecule has 19 heavy (non-hydrogen) atoms. The van der Waals surface area contributed by atoms with E-state index in [1.54, 1.807) is 24.3 Å². The second-order valence-corrected chi connectivity index (χ2v) is 4.31. The van der Waals surface area contributed by atoms with Crippen molar-refractivity contribution < 1.29 is 19.8 Å². The van der Waals surface area contributed by atoms with Crippen LogP contribution in [-0.2, 0) is 15.1 Å². The number of rotatable bonds is 7. The molecule has 1 rings (SSSR count). The van der Waals surface area contributed by atoms with Crippen molar-refractivity contribution in [3.63, 3.8) is 0 Å². The predicted octanol–water partition coefficient (Wildman–Crippen LogP) is 1.99. The fraction of sp³-hybridized carbons (Fsp3) is 0.385. The first-order valence-electron chi connectivity index (χ1n) is 5.72. The Morgan fingerprint density at radius 1 is 1.00 bits per heavy atom. The van der Waals surface area contributed by atoms with Gasteiger partial charge in [-0.15, -0.1) is 12.4 Å². The molecule has 0 aliphatic heterocycles. The smallest absolute Gasteiger partial charge is 0.303 e. The third-order valence-electron chi connectivity index (χ3n) is 2.92. The molecule has 0 bridgehead atoms. The normalized spacial score (nSPS) is 10.6. The van der Waals surface area contributed by atoms with Crippen molar-refractivity contribution in [3.05, 3.63) is 35.9 Å². The second-order valence-electron chi connectivity index (χ2n) is 4.31. The molecule has 0 aliphatic carbocycles.